The number of likely N-dealkylation sites (tertiary alicyclic amines) is 1. The van der Waals surface area contributed by atoms with Crippen molar-refractivity contribution in [2.75, 3.05) is 0 Å². The number of alkyl halides is 1. The van der Waals surface area contributed by atoms with Crippen molar-refractivity contribution in [3.63, 3.8) is 0 Å². The van der Waals surface area contributed by atoms with Crippen LogP contribution in [0, 0.1) is 5.92 Å². The van der Waals surface area contributed by atoms with Gasteiger partial charge in [0.25, 0.3) is 0 Å². The average Bonchev–Trinajstić information content (AvgIpc) is 3.02. The molecular weight excluding hydrogens is 443 g/mol. The fraction of sp³-hybridized carbons (Fsp3) is 0.364. The van der Waals surface area contributed by atoms with Crippen LogP contribution in [0.2, 0.25) is 5.15 Å². The molecule has 1 fully saturated rings. The van der Waals surface area contributed by atoms with Gasteiger partial charge in [-0.2, -0.15) is 4.39 Å². The molecule has 0 spiro atoms. The molecule has 1 N–H and O–H groups in total. The zero-order valence-corrected chi connectivity index (χ0v) is 18.0. The number of pyridine rings is 1. The highest BCUT2D eigenvalue weighted by Crippen LogP contribution is 2.42. The molecule has 1 aromatic carbocycles. The van der Waals surface area contributed by atoms with Gasteiger partial charge in [-0.3, -0.25) is 14.5 Å². The van der Waals surface area contributed by atoms with Crippen LogP contribution in [0.5, 0.6) is 11.5 Å². The predicted molar refractivity (Wildman–Crippen MR) is 110 cm³/mol. The van der Waals surface area contributed by atoms with Gasteiger partial charge in [0.2, 0.25) is 11.8 Å². The first-order chi connectivity index (χ1) is 15.1. The Hall–Kier alpha value is -3.20. The molecule has 1 unspecified atom stereocenters. The van der Waals surface area contributed by atoms with Gasteiger partial charge < -0.3 is 14.6 Å². The number of amides is 2. The van der Waals surface area contributed by atoms with Crippen LogP contribution in [0.25, 0.3) is 0 Å². The lowest BCUT2D eigenvalue weighted by molar-refractivity contribution is -0.177. The largest absolute Gasteiger partial charge is 0.480 e. The van der Waals surface area contributed by atoms with E-state index in [9.17, 15) is 23.9 Å². The quantitative estimate of drug-likeness (QED) is 0.518. The average molecular weight is 463 g/mol. The lowest BCUT2D eigenvalue weighted by Crippen LogP contribution is -2.66. The number of imide groups is 1. The molecule has 0 radical (unpaired) electrons. The Morgan fingerprint density at radius 2 is 2.00 bits per heavy atom. The summed E-state index contributed by atoms with van der Waals surface area (Å²) in [5.74, 6) is -3.15. The van der Waals surface area contributed by atoms with Gasteiger partial charge in [0.05, 0.1) is 5.92 Å². The lowest BCUT2D eigenvalue weighted by atomic mass is 9.81. The Morgan fingerprint density at radius 3 is 2.69 bits per heavy atom. The van der Waals surface area contributed by atoms with E-state index in [1.807, 2.05) is 0 Å². The van der Waals surface area contributed by atoms with Crippen LogP contribution in [-0.4, -0.2) is 44.9 Å². The number of nitrogens with zero attached hydrogens (tertiary/aromatic N) is 2. The summed E-state index contributed by atoms with van der Waals surface area (Å²) in [7, 11) is 0. The highest BCUT2D eigenvalue weighted by Gasteiger charge is 2.54. The fourth-order valence-electron chi connectivity index (χ4n) is 4.02. The SMILES string of the molecule is C[C@@H](CC(=O)N1C(=O)[C@H](Cc2ccnc(Cl)c2)[C@H]1C(=O)O)c1ccc2c(c1)OC(C)(F)O2. The minimum Gasteiger partial charge on any atom is -0.480 e. The van der Waals surface area contributed by atoms with Crippen LogP contribution in [0.4, 0.5) is 4.39 Å². The molecule has 0 bridgehead atoms. The van der Waals surface area contributed by atoms with Gasteiger partial charge in [-0.1, -0.05) is 24.6 Å². The molecule has 2 aromatic rings. The fourth-order valence-corrected chi connectivity index (χ4v) is 4.22. The molecule has 3 heterocycles. The number of hydrogen-bond acceptors (Lipinski definition) is 6. The van der Waals surface area contributed by atoms with Gasteiger partial charge in [-0.05, 0) is 47.7 Å². The van der Waals surface area contributed by atoms with Gasteiger partial charge in [0, 0.05) is 19.5 Å². The first-order valence-corrected chi connectivity index (χ1v) is 10.3. The number of carbonyl (C=O) groups excluding carboxylic acids is 2. The molecule has 0 saturated carbocycles. The molecule has 2 amide bonds. The second-order valence-corrected chi connectivity index (χ2v) is 8.42. The van der Waals surface area contributed by atoms with Crippen molar-refractivity contribution in [3.05, 3.63) is 52.8 Å². The van der Waals surface area contributed by atoms with E-state index < -0.39 is 35.8 Å². The van der Waals surface area contributed by atoms with Crippen LogP contribution in [0.3, 0.4) is 0 Å². The molecule has 0 aliphatic carbocycles. The number of carboxylic acid groups (broad SMARTS) is 1. The number of fused-ring (bicyclic) bond motifs is 1. The maximum Gasteiger partial charge on any atom is 0.404 e. The van der Waals surface area contributed by atoms with Crippen LogP contribution >= 0.6 is 11.6 Å². The van der Waals surface area contributed by atoms with Gasteiger partial charge >= 0.3 is 12.0 Å². The van der Waals surface area contributed by atoms with Crippen molar-refractivity contribution in [2.24, 2.45) is 5.92 Å². The second kappa shape index (κ2) is 8.05. The topological polar surface area (TPSA) is 106 Å². The van der Waals surface area contributed by atoms with Crippen LogP contribution in [0.1, 0.15) is 37.3 Å². The Morgan fingerprint density at radius 1 is 1.28 bits per heavy atom. The third kappa shape index (κ3) is 4.12. The number of carbonyl (C=O) groups is 3. The summed E-state index contributed by atoms with van der Waals surface area (Å²) in [5, 5.41) is 9.86. The van der Waals surface area contributed by atoms with E-state index in [2.05, 4.69) is 4.98 Å². The maximum atomic E-state index is 13.9. The van der Waals surface area contributed by atoms with Gasteiger partial charge in [0.1, 0.15) is 11.2 Å². The van der Waals surface area contributed by atoms with E-state index in [1.165, 1.54) is 6.20 Å². The number of hydrogen-bond donors (Lipinski definition) is 1. The molecule has 168 valence electrons. The minimum absolute atomic E-state index is 0.101. The summed E-state index contributed by atoms with van der Waals surface area (Å²) in [5.41, 5.74) is 1.33. The first kappa shape index (κ1) is 22.0. The number of carboxylic acids is 1. The van der Waals surface area contributed by atoms with Gasteiger partial charge in [-0.15, -0.1) is 0 Å². The summed E-state index contributed by atoms with van der Waals surface area (Å²) in [4.78, 5) is 42.0. The zero-order valence-electron chi connectivity index (χ0n) is 17.2. The van der Waals surface area contributed by atoms with Crippen molar-refractivity contribution >= 4 is 29.4 Å². The number of rotatable bonds is 6. The van der Waals surface area contributed by atoms with Crippen molar-refractivity contribution in [2.45, 2.75) is 44.7 Å². The van der Waals surface area contributed by atoms with E-state index in [1.54, 1.807) is 37.3 Å². The molecule has 4 atom stereocenters. The third-order valence-electron chi connectivity index (χ3n) is 5.58. The summed E-state index contributed by atoms with van der Waals surface area (Å²) in [6.45, 7) is 2.89. The standard InChI is InChI=1S/C22H20ClFN2O6/c1-11(13-3-4-15-16(10-13)32-22(2,24)31-15)7-18(27)26-19(21(29)30)14(20(26)28)8-12-5-6-25-17(23)9-12/h3-6,9-11,14,19H,7-8H2,1-2H3,(H,29,30)/t11-,14+,19-,22?/m0/s1. The maximum absolute atomic E-state index is 13.9. The van der Waals surface area contributed by atoms with Gasteiger partial charge in [-0.25, -0.2) is 9.78 Å². The third-order valence-corrected chi connectivity index (χ3v) is 5.79. The molecule has 8 nitrogen and oxygen atoms in total. The summed E-state index contributed by atoms with van der Waals surface area (Å²) < 4.78 is 24.0. The monoisotopic (exact) mass is 462 g/mol. The molecular formula is C22H20ClFN2O6. The van der Waals surface area contributed by atoms with Crippen LogP contribution < -0.4 is 9.47 Å². The zero-order chi connectivity index (χ0) is 23.2. The van der Waals surface area contributed by atoms with Crippen LogP contribution in [0.15, 0.2) is 36.5 Å². The van der Waals surface area contributed by atoms with Gasteiger partial charge in [0.15, 0.2) is 11.5 Å². The molecule has 2 aliphatic rings. The number of aromatic nitrogens is 1. The number of β-lactam (4-membered cyclic amide) rings is 1. The Kier molecular flexibility index (Phi) is 5.54. The normalized spacial score (nSPS) is 24.8. The van der Waals surface area contributed by atoms with E-state index in [0.717, 1.165) is 11.8 Å². The summed E-state index contributed by atoms with van der Waals surface area (Å²) >= 11 is 5.86. The molecule has 10 heteroatoms. The predicted octanol–water partition coefficient (Wildman–Crippen LogP) is 3.32. The van der Waals surface area contributed by atoms with E-state index in [-0.39, 0.29) is 35.4 Å². The number of aliphatic carboxylic acids is 1. The number of ether oxygens (including phenoxy) is 2. The summed E-state index contributed by atoms with van der Waals surface area (Å²) in [6, 6.07) is 4.48. The van der Waals surface area contributed by atoms with E-state index in [0.29, 0.717) is 11.1 Å². The van der Waals surface area contributed by atoms with E-state index >= 15 is 0 Å². The lowest BCUT2D eigenvalue weighted by Gasteiger charge is -2.43. The van der Waals surface area contributed by atoms with Crippen molar-refractivity contribution < 1.29 is 33.4 Å². The Balaban J connectivity index is 1.45. The molecule has 4 rings (SSSR count). The van der Waals surface area contributed by atoms with Crippen molar-refractivity contribution in [1.29, 1.82) is 0 Å². The molecule has 32 heavy (non-hydrogen) atoms. The molecule has 1 aromatic heterocycles. The van der Waals surface area contributed by atoms with Crippen molar-refractivity contribution in [1.82, 2.24) is 9.88 Å². The second-order valence-electron chi connectivity index (χ2n) is 8.03. The Labute approximate surface area is 187 Å². The number of halogens is 2. The molecule has 1 saturated heterocycles. The first-order valence-electron chi connectivity index (χ1n) is 9.96. The smallest absolute Gasteiger partial charge is 0.404 e. The van der Waals surface area contributed by atoms with Crippen molar-refractivity contribution in [3.8, 4) is 11.5 Å². The minimum atomic E-state index is -2.26. The highest BCUT2D eigenvalue weighted by atomic mass is 35.5. The molecule has 2 aliphatic heterocycles. The number of benzene rings is 1. The Bertz CT molecular complexity index is 1110. The van der Waals surface area contributed by atoms with E-state index in [4.69, 9.17) is 21.1 Å². The van der Waals surface area contributed by atoms with Crippen LogP contribution in [-0.2, 0) is 20.8 Å². The highest BCUT2D eigenvalue weighted by molar-refractivity contribution is 6.29. The summed E-state index contributed by atoms with van der Waals surface area (Å²) in [6.07, 6.45) is 1.51.